The predicted octanol–water partition coefficient (Wildman–Crippen LogP) is 3.97. The Morgan fingerprint density at radius 2 is 1.74 bits per heavy atom. The van der Waals surface area contributed by atoms with Crippen molar-refractivity contribution < 1.29 is 20.1 Å². The van der Waals surface area contributed by atoms with Crippen LogP contribution in [0.3, 0.4) is 0 Å². The molecule has 2 aromatic carbocycles. The fourth-order valence-electron chi connectivity index (χ4n) is 3.13. The highest BCUT2D eigenvalue weighted by atomic mass is 16.5. The number of phenols is 3. The van der Waals surface area contributed by atoms with Crippen molar-refractivity contribution >= 4 is 5.71 Å². The van der Waals surface area contributed by atoms with E-state index in [2.05, 4.69) is 5.10 Å². The number of phenolic OH excluding ortho intramolecular Hbond substituents is 3. The van der Waals surface area contributed by atoms with Crippen LogP contribution in [-0.2, 0) is 5.41 Å². The maximum Gasteiger partial charge on any atom is 0.160 e. The van der Waals surface area contributed by atoms with Gasteiger partial charge in [-0.25, -0.2) is 0 Å². The molecule has 0 atom stereocenters. The Bertz CT molecular complexity index is 858. The number of nitrogens with zero attached hydrogens (tertiary/aromatic N) is 1. The lowest BCUT2D eigenvalue weighted by atomic mass is 9.76. The first-order chi connectivity index (χ1) is 12.6. The summed E-state index contributed by atoms with van der Waals surface area (Å²) in [6.45, 7) is 9.99. The van der Waals surface area contributed by atoms with Crippen LogP contribution in [0.5, 0.6) is 23.0 Å². The minimum atomic E-state index is -0.723. The van der Waals surface area contributed by atoms with Crippen LogP contribution in [0.2, 0.25) is 0 Å². The van der Waals surface area contributed by atoms with E-state index in [-0.39, 0.29) is 23.2 Å². The van der Waals surface area contributed by atoms with Crippen molar-refractivity contribution in [1.29, 1.82) is 0 Å². The largest absolute Gasteiger partial charge is 0.508 e. The van der Waals surface area contributed by atoms with E-state index >= 15 is 0 Å². The molecule has 0 heterocycles. The zero-order valence-corrected chi connectivity index (χ0v) is 16.4. The van der Waals surface area contributed by atoms with E-state index in [4.69, 9.17) is 10.6 Å². The summed E-state index contributed by atoms with van der Waals surface area (Å²) in [6.07, 6.45) is 0. The third kappa shape index (κ3) is 3.94. The molecule has 0 spiro atoms. The Balaban J connectivity index is 2.57. The van der Waals surface area contributed by atoms with Crippen LogP contribution in [0, 0.1) is 0 Å². The fourth-order valence-corrected chi connectivity index (χ4v) is 3.13. The first-order valence-electron chi connectivity index (χ1n) is 8.94. The van der Waals surface area contributed by atoms with Crippen LogP contribution in [0.25, 0.3) is 0 Å². The summed E-state index contributed by atoms with van der Waals surface area (Å²) in [5, 5.41) is 34.7. The van der Waals surface area contributed by atoms with Gasteiger partial charge in [0.2, 0.25) is 0 Å². The number of rotatable bonds is 6. The van der Waals surface area contributed by atoms with E-state index in [0.717, 1.165) is 5.56 Å². The molecule has 6 heteroatoms. The van der Waals surface area contributed by atoms with Gasteiger partial charge >= 0.3 is 0 Å². The number of benzene rings is 2. The smallest absolute Gasteiger partial charge is 0.160 e. The fraction of sp³-hybridized carbons (Fsp3) is 0.381. The van der Waals surface area contributed by atoms with Crippen LogP contribution in [0.1, 0.15) is 57.2 Å². The molecular weight excluding hydrogens is 344 g/mol. The van der Waals surface area contributed by atoms with Gasteiger partial charge in [-0.3, -0.25) is 0 Å². The van der Waals surface area contributed by atoms with Gasteiger partial charge < -0.3 is 25.9 Å². The van der Waals surface area contributed by atoms with Crippen LogP contribution < -0.4 is 10.6 Å². The second-order valence-corrected chi connectivity index (χ2v) is 7.30. The summed E-state index contributed by atoms with van der Waals surface area (Å²) in [5.74, 6) is 6.11. The van der Waals surface area contributed by atoms with Crippen LogP contribution in [0.4, 0.5) is 0 Å². The second-order valence-electron chi connectivity index (χ2n) is 7.30. The number of ether oxygens (including phenoxy) is 1. The lowest BCUT2D eigenvalue weighted by Crippen LogP contribution is -2.31. The molecule has 0 amide bonds. The zero-order chi connectivity index (χ0) is 20.4. The predicted molar refractivity (Wildman–Crippen MR) is 107 cm³/mol. The standard InChI is InChI=1S/C21H28N2O4/c1-6-27-19-8-7-13(9-18(19)26)21(4,5)20(23-22)15-10-14(12(2)3)16(24)11-17(15)25/h7-12,24-26H,6,22H2,1-5H3/b23-20-. The third-order valence-electron chi connectivity index (χ3n) is 4.72. The Morgan fingerprint density at radius 1 is 1.07 bits per heavy atom. The minimum absolute atomic E-state index is 0.0246. The van der Waals surface area contributed by atoms with E-state index < -0.39 is 5.41 Å². The summed E-state index contributed by atoms with van der Waals surface area (Å²) in [4.78, 5) is 0. The third-order valence-corrected chi connectivity index (χ3v) is 4.72. The molecule has 27 heavy (non-hydrogen) atoms. The van der Waals surface area contributed by atoms with E-state index in [0.29, 0.717) is 29.2 Å². The van der Waals surface area contributed by atoms with Crippen molar-refractivity contribution in [3.8, 4) is 23.0 Å². The van der Waals surface area contributed by atoms with Crippen LogP contribution in [0.15, 0.2) is 35.4 Å². The lowest BCUT2D eigenvalue weighted by Gasteiger charge is -2.28. The van der Waals surface area contributed by atoms with Gasteiger partial charge in [-0.2, -0.15) is 5.10 Å². The van der Waals surface area contributed by atoms with Crippen molar-refractivity contribution in [3.63, 3.8) is 0 Å². The molecule has 0 aliphatic carbocycles. The van der Waals surface area contributed by atoms with Gasteiger partial charge in [0.1, 0.15) is 11.5 Å². The molecular formula is C21H28N2O4. The highest BCUT2D eigenvalue weighted by Crippen LogP contribution is 2.39. The number of hydrazone groups is 1. The Labute approximate surface area is 159 Å². The highest BCUT2D eigenvalue weighted by molar-refractivity contribution is 6.09. The molecule has 2 rings (SSSR count). The molecule has 0 saturated heterocycles. The summed E-state index contributed by atoms with van der Waals surface area (Å²) in [6, 6.07) is 8.15. The van der Waals surface area contributed by atoms with E-state index in [1.807, 2.05) is 40.7 Å². The van der Waals surface area contributed by atoms with Gasteiger partial charge in [-0.05, 0) is 42.2 Å². The molecule has 0 bridgehead atoms. The Kier molecular flexibility index (Phi) is 5.88. The van der Waals surface area contributed by atoms with Gasteiger partial charge in [-0.1, -0.05) is 33.8 Å². The summed E-state index contributed by atoms with van der Waals surface area (Å²) in [7, 11) is 0. The van der Waals surface area contributed by atoms with Crippen molar-refractivity contribution in [2.45, 2.75) is 46.0 Å². The molecule has 0 unspecified atom stereocenters. The normalized spacial score (nSPS) is 12.4. The van der Waals surface area contributed by atoms with Gasteiger partial charge in [0.25, 0.3) is 0 Å². The molecule has 0 aliphatic rings. The number of hydrogen-bond acceptors (Lipinski definition) is 6. The second kappa shape index (κ2) is 7.78. The maximum absolute atomic E-state index is 10.4. The van der Waals surface area contributed by atoms with Crippen molar-refractivity contribution in [1.82, 2.24) is 0 Å². The van der Waals surface area contributed by atoms with Crippen molar-refractivity contribution in [3.05, 3.63) is 47.0 Å². The highest BCUT2D eigenvalue weighted by Gasteiger charge is 2.32. The van der Waals surface area contributed by atoms with Crippen molar-refractivity contribution in [2.24, 2.45) is 10.9 Å². The average molecular weight is 372 g/mol. The molecule has 0 fully saturated rings. The minimum Gasteiger partial charge on any atom is -0.508 e. The molecule has 0 aliphatic heterocycles. The van der Waals surface area contributed by atoms with E-state index in [1.165, 1.54) is 6.07 Å². The van der Waals surface area contributed by atoms with E-state index in [9.17, 15) is 15.3 Å². The maximum atomic E-state index is 10.4. The molecule has 0 saturated carbocycles. The van der Waals surface area contributed by atoms with E-state index in [1.54, 1.807) is 18.2 Å². The average Bonchev–Trinajstić information content (AvgIpc) is 2.58. The first-order valence-corrected chi connectivity index (χ1v) is 8.94. The van der Waals surface area contributed by atoms with Gasteiger partial charge in [0.15, 0.2) is 11.5 Å². The van der Waals surface area contributed by atoms with Crippen molar-refractivity contribution in [2.75, 3.05) is 6.61 Å². The quantitative estimate of drug-likeness (QED) is 0.349. The Hall–Kier alpha value is -2.89. The molecule has 2 aromatic rings. The summed E-state index contributed by atoms with van der Waals surface area (Å²) >= 11 is 0. The number of nitrogens with two attached hydrogens (primary N) is 1. The number of aromatic hydroxyl groups is 3. The van der Waals surface area contributed by atoms with Crippen LogP contribution in [-0.4, -0.2) is 27.6 Å². The van der Waals surface area contributed by atoms with Gasteiger partial charge in [-0.15, -0.1) is 0 Å². The molecule has 0 radical (unpaired) electrons. The molecule has 5 N–H and O–H groups in total. The molecule has 6 nitrogen and oxygen atoms in total. The lowest BCUT2D eigenvalue weighted by molar-refractivity contribution is 0.317. The monoisotopic (exact) mass is 372 g/mol. The SMILES string of the molecule is CCOc1ccc(C(C)(C)/C(=N\N)c2cc(C(C)C)c(O)cc2O)cc1O. The topological polar surface area (TPSA) is 108 Å². The zero-order valence-electron chi connectivity index (χ0n) is 16.4. The molecule has 0 aromatic heterocycles. The van der Waals surface area contributed by atoms with Gasteiger partial charge in [0, 0.05) is 17.0 Å². The Morgan fingerprint density at radius 3 is 2.26 bits per heavy atom. The summed E-state index contributed by atoms with van der Waals surface area (Å²) in [5.41, 5.74) is 1.60. The first kappa shape index (κ1) is 20.4. The summed E-state index contributed by atoms with van der Waals surface area (Å²) < 4.78 is 5.38. The van der Waals surface area contributed by atoms with Gasteiger partial charge in [0.05, 0.1) is 12.3 Å². The number of hydrogen-bond donors (Lipinski definition) is 4. The molecule has 146 valence electrons. The van der Waals surface area contributed by atoms with Crippen LogP contribution >= 0.6 is 0 Å².